The average Bonchev–Trinajstić information content (AvgIpc) is 3.50. The highest BCUT2D eigenvalue weighted by atomic mass is 35.5. The van der Waals surface area contributed by atoms with Crippen LogP contribution in [-0.4, -0.2) is 78.8 Å². The molecule has 1 aliphatic heterocycles. The van der Waals surface area contributed by atoms with Gasteiger partial charge in [-0.05, 0) is 62.0 Å². The number of pyridine rings is 1. The summed E-state index contributed by atoms with van der Waals surface area (Å²) in [5.41, 5.74) is 0.0647. The van der Waals surface area contributed by atoms with E-state index in [4.69, 9.17) is 16.6 Å². The maximum Gasteiger partial charge on any atom is 0.262 e. The topological polar surface area (TPSA) is 142 Å². The van der Waals surface area contributed by atoms with Crippen LogP contribution in [0.2, 0.25) is 5.02 Å². The average molecular weight is 739 g/mol. The molecule has 3 aromatic heterocycles. The van der Waals surface area contributed by atoms with Gasteiger partial charge in [0.2, 0.25) is 10.0 Å². The van der Waals surface area contributed by atoms with E-state index in [9.17, 15) is 16.8 Å². The molecule has 3 aromatic carbocycles. The molecule has 17 heteroatoms. The summed E-state index contributed by atoms with van der Waals surface area (Å²) in [6.45, 7) is 3.44. The number of benzene rings is 3. The van der Waals surface area contributed by atoms with Crippen LogP contribution in [0.1, 0.15) is 5.56 Å². The van der Waals surface area contributed by atoms with E-state index in [-0.39, 0.29) is 31.7 Å². The van der Waals surface area contributed by atoms with E-state index in [1.807, 2.05) is 7.05 Å². The number of hydrogen-bond acceptors (Lipinski definition) is 9. The number of anilines is 3. The molecule has 0 radical (unpaired) electrons. The summed E-state index contributed by atoms with van der Waals surface area (Å²) in [5, 5.41) is 3.34. The van der Waals surface area contributed by atoms with Crippen molar-refractivity contribution in [3.8, 4) is 5.82 Å². The van der Waals surface area contributed by atoms with E-state index < -0.39 is 43.1 Å². The van der Waals surface area contributed by atoms with Crippen LogP contribution in [0.25, 0.3) is 27.8 Å². The predicted octanol–water partition coefficient (Wildman–Crippen LogP) is 5.69. The zero-order valence-corrected chi connectivity index (χ0v) is 29.0. The third kappa shape index (κ3) is 6.02. The smallest absolute Gasteiger partial charge is 0.262 e. The number of piperazine rings is 1. The van der Waals surface area contributed by atoms with Gasteiger partial charge < -0.3 is 10.2 Å². The SMILES string of the molecule is Cc1c(Cl)cccc1S(=O)(=O)Nc1ccc(F)c(Nc2ncnc3ccc(-n4cc(S(=O)(=O)N5CCN(C)CC5)c5ccccc54)nc23)c1F. The number of likely N-dealkylation sites (N-methyl/N-ethyl adjacent to an activating group) is 1. The summed E-state index contributed by atoms with van der Waals surface area (Å²) in [4.78, 5) is 15.1. The molecule has 6 aromatic rings. The molecular formula is C33H29ClF2N8O4S2. The van der Waals surface area contributed by atoms with Crippen LogP contribution in [0.3, 0.4) is 0 Å². The number of rotatable bonds is 8. The molecule has 0 aliphatic carbocycles. The zero-order valence-electron chi connectivity index (χ0n) is 26.6. The zero-order chi connectivity index (χ0) is 35.4. The number of halogens is 3. The largest absolute Gasteiger partial charge is 0.333 e. The van der Waals surface area contributed by atoms with Crippen LogP contribution in [0.4, 0.5) is 26.0 Å². The van der Waals surface area contributed by atoms with Gasteiger partial charge in [0.25, 0.3) is 10.0 Å². The summed E-state index contributed by atoms with van der Waals surface area (Å²) >= 11 is 6.10. The second-order valence-corrected chi connectivity index (χ2v) is 15.7. The number of para-hydroxylation sites is 1. The third-order valence-corrected chi connectivity index (χ3v) is 12.4. The quantitative estimate of drug-likeness (QED) is 0.202. The highest BCUT2D eigenvalue weighted by molar-refractivity contribution is 7.92. The Hall–Kier alpha value is -4.74. The van der Waals surface area contributed by atoms with E-state index in [2.05, 4.69) is 24.9 Å². The molecule has 0 spiro atoms. The fraction of sp³-hybridized carbons (Fsp3) is 0.182. The summed E-state index contributed by atoms with van der Waals surface area (Å²) in [6, 6.07) is 16.5. The van der Waals surface area contributed by atoms with Crippen molar-refractivity contribution in [3.05, 3.63) is 101 Å². The van der Waals surface area contributed by atoms with Crippen LogP contribution in [-0.2, 0) is 20.0 Å². The summed E-state index contributed by atoms with van der Waals surface area (Å²) < 4.78 is 90.3. The van der Waals surface area contributed by atoms with Crippen LogP contribution in [0.5, 0.6) is 0 Å². The fourth-order valence-corrected chi connectivity index (χ4v) is 8.98. The maximum absolute atomic E-state index is 15.9. The van der Waals surface area contributed by atoms with Gasteiger partial charge >= 0.3 is 0 Å². The van der Waals surface area contributed by atoms with Gasteiger partial charge in [-0.3, -0.25) is 9.29 Å². The molecule has 0 atom stereocenters. The summed E-state index contributed by atoms with van der Waals surface area (Å²) in [6.07, 6.45) is 2.70. The molecule has 2 N–H and O–H groups in total. The monoisotopic (exact) mass is 738 g/mol. The molecule has 4 heterocycles. The lowest BCUT2D eigenvalue weighted by Crippen LogP contribution is -2.46. The summed E-state index contributed by atoms with van der Waals surface area (Å²) in [7, 11) is -6.23. The number of fused-ring (bicyclic) bond motifs is 2. The van der Waals surface area contributed by atoms with Gasteiger partial charge in [0.15, 0.2) is 11.6 Å². The third-order valence-electron chi connectivity index (χ3n) is 8.56. The van der Waals surface area contributed by atoms with Crippen LogP contribution < -0.4 is 10.0 Å². The van der Waals surface area contributed by atoms with Gasteiger partial charge in [-0.2, -0.15) is 4.31 Å². The Bertz CT molecular complexity index is 2530. The minimum absolute atomic E-state index is 0.0814. The molecule has 1 fully saturated rings. The highest BCUT2D eigenvalue weighted by Gasteiger charge is 2.31. The first-order valence-corrected chi connectivity index (χ1v) is 18.6. The van der Waals surface area contributed by atoms with Crippen molar-refractivity contribution in [2.75, 3.05) is 43.3 Å². The number of nitrogens with zero attached hydrogens (tertiary/aromatic N) is 6. The predicted molar refractivity (Wildman–Crippen MR) is 187 cm³/mol. The molecule has 12 nitrogen and oxygen atoms in total. The maximum atomic E-state index is 15.9. The van der Waals surface area contributed by atoms with Gasteiger partial charge in [0.05, 0.1) is 21.6 Å². The van der Waals surface area contributed by atoms with Crippen molar-refractivity contribution in [2.45, 2.75) is 16.7 Å². The van der Waals surface area contributed by atoms with E-state index in [0.717, 1.165) is 12.1 Å². The van der Waals surface area contributed by atoms with E-state index in [1.54, 1.807) is 41.0 Å². The molecule has 1 saturated heterocycles. The van der Waals surface area contributed by atoms with Crippen LogP contribution in [0, 0.1) is 18.6 Å². The Balaban J connectivity index is 1.27. The first-order chi connectivity index (χ1) is 23.8. The van der Waals surface area contributed by atoms with Crippen molar-refractivity contribution in [3.63, 3.8) is 0 Å². The van der Waals surface area contributed by atoms with Gasteiger partial charge in [-0.25, -0.2) is 40.6 Å². The van der Waals surface area contributed by atoms with E-state index in [0.29, 0.717) is 48.4 Å². The van der Waals surface area contributed by atoms with E-state index in [1.165, 1.54) is 42.0 Å². The lowest BCUT2D eigenvalue weighted by Gasteiger charge is -2.31. The standard InChI is InChI=1S/C33H29ClF2N8O4S2/c1-20-22(34)7-5-9-27(20)49(45,46)41-24-11-10-23(35)31(30(24)36)40-33-32-25(37-19-38-33)12-13-29(39-32)44-18-28(21-6-3-4-8-26(21)44)50(47,48)43-16-14-42(2)15-17-43/h3-13,18-19,41H,14-17H2,1-2H3,(H,37,38,40). The lowest BCUT2D eigenvalue weighted by atomic mass is 10.2. The second kappa shape index (κ2) is 12.9. The molecule has 0 amide bonds. The Labute approximate surface area is 291 Å². The Morgan fingerprint density at radius 3 is 2.40 bits per heavy atom. The Kier molecular flexibility index (Phi) is 8.68. The van der Waals surface area contributed by atoms with Gasteiger partial charge in [0.1, 0.15) is 34.1 Å². The first kappa shape index (κ1) is 33.7. The molecule has 7 rings (SSSR count). The molecular weight excluding hydrogens is 710 g/mol. The molecule has 0 unspecified atom stereocenters. The number of hydrogen-bond donors (Lipinski definition) is 2. The highest BCUT2D eigenvalue weighted by Crippen LogP contribution is 2.34. The van der Waals surface area contributed by atoms with Gasteiger partial charge in [0, 0.05) is 42.8 Å². The van der Waals surface area contributed by atoms with Gasteiger partial charge in [-0.1, -0.05) is 35.9 Å². The Morgan fingerprint density at radius 1 is 0.860 bits per heavy atom. The Morgan fingerprint density at radius 2 is 1.62 bits per heavy atom. The van der Waals surface area contributed by atoms with Crippen molar-refractivity contribution in [1.82, 2.24) is 28.7 Å². The van der Waals surface area contributed by atoms with Crippen molar-refractivity contribution < 1.29 is 25.6 Å². The summed E-state index contributed by atoms with van der Waals surface area (Å²) in [5.74, 6) is -2.04. The van der Waals surface area contributed by atoms with Crippen molar-refractivity contribution in [2.24, 2.45) is 0 Å². The minimum Gasteiger partial charge on any atom is -0.333 e. The molecule has 258 valence electrons. The van der Waals surface area contributed by atoms with Gasteiger partial charge in [-0.15, -0.1) is 0 Å². The fourth-order valence-electron chi connectivity index (χ4n) is 5.81. The molecule has 1 aliphatic rings. The number of aromatic nitrogens is 4. The normalized spacial score (nSPS) is 14.7. The van der Waals surface area contributed by atoms with Crippen LogP contribution in [0.15, 0.2) is 89.0 Å². The second-order valence-electron chi connectivity index (χ2n) is 11.7. The number of sulfonamides is 2. The number of nitrogens with one attached hydrogen (secondary N) is 2. The van der Waals surface area contributed by atoms with Crippen molar-refractivity contribution in [1.29, 1.82) is 0 Å². The lowest BCUT2D eigenvalue weighted by molar-refractivity contribution is 0.222. The molecule has 0 saturated carbocycles. The minimum atomic E-state index is -4.31. The van der Waals surface area contributed by atoms with Crippen molar-refractivity contribution >= 4 is 70.8 Å². The molecule has 50 heavy (non-hydrogen) atoms. The van der Waals surface area contributed by atoms with Crippen LogP contribution >= 0.6 is 11.6 Å². The van der Waals surface area contributed by atoms with E-state index >= 15 is 8.78 Å². The molecule has 0 bridgehead atoms. The first-order valence-electron chi connectivity index (χ1n) is 15.3.